The van der Waals surface area contributed by atoms with E-state index in [0.717, 1.165) is 51.1 Å². The van der Waals surface area contributed by atoms with Crippen molar-refractivity contribution in [2.45, 2.75) is 34.6 Å². The van der Waals surface area contributed by atoms with Crippen molar-refractivity contribution in [2.75, 3.05) is 10.6 Å². The highest BCUT2D eigenvalue weighted by Gasteiger charge is 2.08. The van der Waals surface area contributed by atoms with Crippen molar-refractivity contribution in [1.82, 2.24) is 0 Å². The Morgan fingerprint density at radius 2 is 1.22 bits per heavy atom. The van der Waals surface area contributed by atoms with E-state index < -0.39 is 0 Å². The molecule has 0 saturated heterocycles. The molecule has 1 aliphatic rings. The molecule has 0 radical (unpaired) electrons. The SMILES string of the molecule is CC1=Nc2ccccc2N/C(C)=C(/C)C(C)=Nc2ccccc2N/C(C)=C\1. The van der Waals surface area contributed by atoms with Crippen LogP contribution in [0, 0.1) is 0 Å². The summed E-state index contributed by atoms with van der Waals surface area (Å²) in [7, 11) is 0. The largest absolute Gasteiger partial charge is 0.357 e. The monoisotopic (exact) mass is 358 g/mol. The summed E-state index contributed by atoms with van der Waals surface area (Å²) in [5.41, 5.74) is 8.90. The lowest BCUT2D eigenvalue weighted by Gasteiger charge is -2.15. The second-order valence-corrected chi connectivity index (χ2v) is 6.81. The Labute approximate surface area is 161 Å². The van der Waals surface area contributed by atoms with Crippen LogP contribution in [0.4, 0.5) is 22.7 Å². The van der Waals surface area contributed by atoms with Crippen LogP contribution >= 0.6 is 0 Å². The van der Waals surface area contributed by atoms with Gasteiger partial charge in [0.1, 0.15) is 0 Å². The molecule has 2 aromatic carbocycles. The summed E-state index contributed by atoms with van der Waals surface area (Å²) < 4.78 is 0. The Balaban J connectivity index is 2.18. The summed E-state index contributed by atoms with van der Waals surface area (Å²) in [6.45, 7) is 10.3. The van der Waals surface area contributed by atoms with Gasteiger partial charge in [-0.2, -0.15) is 0 Å². The van der Waals surface area contributed by atoms with Gasteiger partial charge in [0.2, 0.25) is 0 Å². The first-order chi connectivity index (χ1) is 12.9. The van der Waals surface area contributed by atoms with E-state index in [2.05, 4.69) is 24.5 Å². The highest BCUT2D eigenvalue weighted by atomic mass is 14.9. The molecule has 0 bridgehead atoms. The maximum absolute atomic E-state index is 4.87. The predicted molar refractivity (Wildman–Crippen MR) is 118 cm³/mol. The molecule has 2 N–H and O–H groups in total. The maximum Gasteiger partial charge on any atom is 0.0867 e. The molecule has 0 atom stereocenters. The van der Waals surface area contributed by atoms with E-state index in [-0.39, 0.29) is 0 Å². The normalized spacial score (nSPS) is 19.8. The summed E-state index contributed by atoms with van der Waals surface area (Å²) in [5.74, 6) is 0. The van der Waals surface area contributed by atoms with Gasteiger partial charge in [-0.05, 0) is 70.5 Å². The molecule has 0 amide bonds. The number of hydrogen-bond acceptors (Lipinski definition) is 4. The number of allylic oxidation sites excluding steroid dienone is 4. The summed E-state index contributed by atoms with van der Waals surface area (Å²) in [6.07, 6.45) is 2.05. The van der Waals surface area contributed by atoms with E-state index in [4.69, 9.17) is 9.98 Å². The lowest BCUT2D eigenvalue weighted by Crippen LogP contribution is -2.05. The van der Waals surface area contributed by atoms with Crippen molar-refractivity contribution in [3.63, 3.8) is 0 Å². The minimum Gasteiger partial charge on any atom is -0.357 e. The molecule has 138 valence electrons. The highest BCUT2D eigenvalue weighted by Crippen LogP contribution is 2.29. The molecule has 0 unspecified atom stereocenters. The topological polar surface area (TPSA) is 48.8 Å². The number of benzene rings is 2. The molecule has 4 heteroatoms. The predicted octanol–water partition coefficient (Wildman–Crippen LogP) is 6.61. The number of anilines is 2. The van der Waals surface area contributed by atoms with Crippen LogP contribution in [0.5, 0.6) is 0 Å². The van der Waals surface area contributed by atoms with Gasteiger partial charge in [-0.3, -0.25) is 9.98 Å². The molecule has 0 fully saturated rings. The summed E-state index contributed by atoms with van der Waals surface area (Å²) >= 11 is 0. The lowest BCUT2D eigenvalue weighted by molar-refractivity contribution is 1.28. The van der Waals surface area contributed by atoms with E-state index >= 15 is 0 Å². The second-order valence-electron chi connectivity index (χ2n) is 6.81. The van der Waals surface area contributed by atoms with Gasteiger partial charge >= 0.3 is 0 Å². The van der Waals surface area contributed by atoms with Crippen LogP contribution < -0.4 is 10.6 Å². The van der Waals surface area contributed by atoms with Gasteiger partial charge in [-0.1, -0.05) is 24.3 Å². The number of aliphatic imine (C=N–C) groups is 2. The van der Waals surface area contributed by atoms with Crippen LogP contribution in [0.2, 0.25) is 0 Å². The molecule has 1 aliphatic heterocycles. The van der Waals surface area contributed by atoms with E-state index in [1.54, 1.807) is 0 Å². The minimum atomic E-state index is 0.915. The van der Waals surface area contributed by atoms with Gasteiger partial charge < -0.3 is 10.6 Å². The summed E-state index contributed by atoms with van der Waals surface area (Å²) in [6, 6.07) is 16.2. The fraction of sp³-hybridized carbons (Fsp3) is 0.217. The molecule has 3 rings (SSSR count). The Hall–Kier alpha value is -3.14. The number of nitrogens with one attached hydrogen (secondary N) is 2. The van der Waals surface area contributed by atoms with Crippen LogP contribution in [-0.2, 0) is 0 Å². The summed E-state index contributed by atoms with van der Waals surface area (Å²) in [5, 5.41) is 6.96. The molecule has 0 aromatic heterocycles. The third-order valence-electron chi connectivity index (χ3n) is 4.58. The lowest BCUT2D eigenvalue weighted by atomic mass is 10.1. The fourth-order valence-corrected chi connectivity index (χ4v) is 2.97. The average Bonchev–Trinajstić information content (AvgIpc) is 2.63. The smallest absolute Gasteiger partial charge is 0.0867 e. The molecular formula is C23H26N4. The van der Waals surface area contributed by atoms with Gasteiger partial charge in [-0.15, -0.1) is 0 Å². The standard InChI is InChI=1S/C23H26N4/c1-15-14-16(2)25-21-11-7-9-13-23(21)27-19(5)17(3)18(4)26-22-12-8-6-10-20(22)24-15/h6-14,24,27H,1-5H3/b15-14-,19-17-,25-16?,26-18?. The van der Waals surface area contributed by atoms with Gasteiger partial charge in [0, 0.05) is 22.8 Å². The molecule has 0 saturated carbocycles. The van der Waals surface area contributed by atoms with Gasteiger partial charge in [-0.25, -0.2) is 0 Å². The van der Waals surface area contributed by atoms with Crippen LogP contribution in [0.1, 0.15) is 34.6 Å². The number of para-hydroxylation sites is 4. The molecule has 2 aromatic rings. The zero-order chi connectivity index (χ0) is 19.4. The number of hydrogen-bond donors (Lipinski definition) is 2. The number of nitrogens with zero attached hydrogens (tertiary/aromatic N) is 2. The van der Waals surface area contributed by atoms with Crippen molar-refractivity contribution in [3.8, 4) is 0 Å². The third-order valence-corrected chi connectivity index (χ3v) is 4.58. The minimum absolute atomic E-state index is 0.915. The van der Waals surface area contributed by atoms with Crippen molar-refractivity contribution in [3.05, 3.63) is 71.6 Å². The Kier molecular flexibility index (Phi) is 5.55. The van der Waals surface area contributed by atoms with E-state index in [9.17, 15) is 0 Å². The average molecular weight is 358 g/mol. The first-order valence-corrected chi connectivity index (χ1v) is 9.13. The Bertz CT molecular complexity index is 977. The zero-order valence-corrected chi connectivity index (χ0v) is 16.6. The molecule has 0 spiro atoms. The van der Waals surface area contributed by atoms with Crippen molar-refractivity contribution < 1.29 is 0 Å². The molecule has 27 heavy (non-hydrogen) atoms. The summed E-state index contributed by atoms with van der Waals surface area (Å²) in [4.78, 5) is 9.66. The van der Waals surface area contributed by atoms with Crippen molar-refractivity contribution in [2.24, 2.45) is 9.98 Å². The van der Waals surface area contributed by atoms with E-state index in [1.807, 2.05) is 75.4 Å². The Morgan fingerprint density at radius 1 is 0.667 bits per heavy atom. The van der Waals surface area contributed by atoms with Crippen LogP contribution in [-0.4, -0.2) is 11.4 Å². The quantitative estimate of drug-likeness (QED) is 0.557. The van der Waals surface area contributed by atoms with Gasteiger partial charge in [0.05, 0.1) is 22.7 Å². The first-order valence-electron chi connectivity index (χ1n) is 9.13. The van der Waals surface area contributed by atoms with Gasteiger partial charge in [0.25, 0.3) is 0 Å². The van der Waals surface area contributed by atoms with E-state index in [0.29, 0.717) is 0 Å². The molecular weight excluding hydrogens is 332 g/mol. The second kappa shape index (κ2) is 8.04. The number of rotatable bonds is 0. The first kappa shape index (κ1) is 18.6. The molecule has 4 nitrogen and oxygen atoms in total. The third kappa shape index (κ3) is 4.53. The van der Waals surface area contributed by atoms with Gasteiger partial charge in [0.15, 0.2) is 0 Å². The Morgan fingerprint density at radius 3 is 1.89 bits per heavy atom. The number of fused-ring (bicyclic) bond motifs is 2. The molecule has 1 heterocycles. The van der Waals surface area contributed by atoms with Crippen molar-refractivity contribution in [1.29, 1.82) is 0 Å². The van der Waals surface area contributed by atoms with E-state index in [1.165, 1.54) is 0 Å². The molecule has 0 aliphatic carbocycles. The van der Waals surface area contributed by atoms with Crippen LogP contribution in [0.15, 0.2) is 81.6 Å². The van der Waals surface area contributed by atoms with Crippen LogP contribution in [0.3, 0.4) is 0 Å². The fourth-order valence-electron chi connectivity index (χ4n) is 2.97. The zero-order valence-electron chi connectivity index (χ0n) is 16.6. The van der Waals surface area contributed by atoms with Crippen molar-refractivity contribution >= 4 is 34.2 Å². The van der Waals surface area contributed by atoms with Crippen LogP contribution in [0.25, 0.3) is 0 Å². The maximum atomic E-state index is 4.87. The highest BCUT2D eigenvalue weighted by molar-refractivity contribution is 6.01.